The molecule has 0 spiro atoms. The lowest BCUT2D eigenvalue weighted by Gasteiger charge is -2.19. The number of nitrogens with one attached hydrogen (secondary N) is 2. The molecule has 0 bridgehead atoms. The first-order valence-electron chi connectivity index (χ1n) is 6.28. The van der Waals surface area contributed by atoms with E-state index in [-0.39, 0.29) is 11.8 Å². The molecular weight excluding hydrogens is 244 g/mol. The van der Waals surface area contributed by atoms with E-state index in [0.29, 0.717) is 25.2 Å². The zero-order valence-corrected chi connectivity index (χ0v) is 10.7. The molecule has 6 nitrogen and oxygen atoms in total. The normalized spacial score (nSPS) is 16.6. The molecule has 1 fully saturated rings. The number of nitrogens with zero attached hydrogens (tertiary/aromatic N) is 1. The Morgan fingerprint density at radius 2 is 2.21 bits per heavy atom. The van der Waals surface area contributed by atoms with E-state index < -0.39 is 0 Å². The van der Waals surface area contributed by atoms with Gasteiger partial charge in [-0.15, -0.1) is 0 Å². The van der Waals surface area contributed by atoms with Gasteiger partial charge in [0.25, 0.3) is 5.91 Å². The van der Waals surface area contributed by atoms with E-state index in [1.807, 2.05) is 17.0 Å². The predicted octanol–water partition coefficient (Wildman–Crippen LogP) is -0.388. The Hall–Kier alpha value is -1.92. The van der Waals surface area contributed by atoms with Gasteiger partial charge >= 0.3 is 0 Å². The first kappa shape index (κ1) is 13.5. The number of nitrogens with two attached hydrogens (primary N) is 1. The van der Waals surface area contributed by atoms with Gasteiger partial charge in [-0.3, -0.25) is 19.9 Å². The Bertz CT molecular complexity index is 475. The summed E-state index contributed by atoms with van der Waals surface area (Å²) in [6.07, 6.45) is 0.914. The lowest BCUT2D eigenvalue weighted by atomic mass is 10.1. The molecule has 6 heteroatoms. The largest absolute Gasteiger partial charge is 0.355 e. The molecule has 1 aliphatic heterocycles. The fourth-order valence-electron chi connectivity index (χ4n) is 2.20. The minimum absolute atomic E-state index is 0.0262. The van der Waals surface area contributed by atoms with Gasteiger partial charge in [0.15, 0.2) is 0 Å². The van der Waals surface area contributed by atoms with E-state index in [1.165, 1.54) is 0 Å². The van der Waals surface area contributed by atoms with Crippen molar-refractivity contribution < 1.29 is 9.59 Å². The van der Waals surface area contributed by atoms with Crippen LogP contribution in [0, 0.1) is 0 Å². The molecule has 0 aromatic heterocycles. The van der Waals surface area contributed by atoms with Crippen molar-refractivity contribution in [1.82, 2.24) is 15.6 Å². The summed E-state index contributed by atoms with van der Waals surface area (Å²) in [7, 11) is 0. The van der Waals surface area contributed by atoms with E-state index in [4.69, 9.17) is 5.84 Å². The molecule has 0 unspecified atom stereocenters. The molecule has 1 heterocycles. The highest BCUT2D eigenvalue weighted by molar-refractivity contribution is 5.95. The van der Waals surface area contributed by atoms with Gasteiger partial charge in [0.05, 0.1) is 6.54 Å². The second-order valence-corrected chi connectivity index (χ2v) is 4.54. The van der Waals surface area contributed by atoms with Crippen LogP contribution in [0.2, 0.25) is 0 Å². The molecule has 102 valence electrons. The number of amides is 2. The zero-order chi connectivity index (χ0) is 13.7. The van der Waals surface area contributed by atoms with Crippen LogP contribution in [0.25, 0.3) is 0 Å². The summed E-state index contributed by atoms with van der Waals surface area (Å²) in [5.41, 5.74) is 3.57. The summed E-state index contributed by atoms with van der Waals surface area (Å²) in [4.78, 5) is 25.2. The van der Waals surface area contributed by atoms with Gasteiger partial charge in [-0.25, -0.2) is 5.84 Å². The monoisotopic (exact) mass is 262 g/mol. The van der Waals surface area contributed by atoms with Crippen LogP contribution in [0.4, 0.5) is 0 Å². The standard InChI is InChI=1S/C13H18N4O2/c14-16-13(19)11-5-2-1-4-10(11)8-17-7-3-6-15-12(18)9-17/h1-2,4-5H,3,6-9,14H2,(H,15,18)(H,16,19). The van der Waals surface area contributed by atoms with Crippen molar-refractivity contribution in [3.05, 3.63) is 35.4 Å². The molecule has 1 saturated heterocycles. The van der Waals surface area contributed by atoms with Crippen molar-refractivity contribution >= 4 is 11.8 Å². The van der Waals surface area contributed by atoms with Crippen LogP contribution < -0.4 is 16.6 Å². The van der Waals surface area contributed by atoms with Gasteiger partial charge in [-0.2, -0.15) is 0 Å². The lowest BCUT2D eigenvalue weighted by Crippen LogP contribution is -2.34. The van der Waals surface area contributed by atoms with Gasteiger partial charge in [-0.1, -0.05) is 18.2 Å². The van der Waals surface area contributed by atoms with Crippen molar-refractivity contribution in [3.63, 3.8) is 0 Å². The predicted molar refractivity (Wildman–Crippen MR) is 71.0 cm³/mol. The van der Waals surface area contributed by atoms with Crippen LogP contribution in [-0.2, 0) is 11.3 Å². The SMILES string of the molecule is NNC(=O)c1ccccc1CN1CCCNC(=O)C1. The topological polar surface area (TPSA) is 87.5 Å². The van der Waals surface area contributed by atoms with Gasteiger partial charge < -0.3 is 5.32 Å². The van der Waals surface area contributed by atoms with Crippen molar-refractivity contribution in [3.8, 4) is 0 Å². The van der Waals surface area contributed by atoms with Crippen LogP contribution in [0.15, 0.2) is 24.3 Å². The van der Waals surface area contributed by atoms with Crippen molar-refractivity contribution in [2.45, 2.75) is 13.0 Å². The third-order valence-corrected chi connectivity index (χ3v) is 3.13. The van der Waals surface area contributed by atoms with Crippen LogP contribution >= 0.6 is 0 Å². The quantitative estimate of drug-likeness (QED) is 0.393. The second kappa shape index (κ2) is 6.31. The molecule has 19 heavy (non-hydrogen) atoms. The lowest BCUT2D eigenvalue weighted by molar-refractivity contribution is -0.121. The molecular formula is C13H18N4O2. The van der Waals surface area contributed by atoms with E-state index in [0.717, 1.165) is 18.5 Å². The zero-order valence-electron chi connectivity index (χ0n) is 10.7. The van der Waals surface area contributed by atoms with Gasteiger partial charge in [0.2, 0.25) is 5.91 Å². The number of rotatable bonds is 3. The molecule has 0 radical (unpaired) electrons. The Balaban J connectivity index is 2.13. The maximum atomic E-state index is 11.7. The number of hydrazine groups is 1. The minimum Gasteiger partial charge on any atom is -0.355 e. The maximum absolute atomic E-state index is 11.7. The van der Waals surface area contributed by atoms with Crippen molar-refractivity contribution in [2.75, 3.05) is 19.6 Å². The third kappa shape index (κ3) is 3.52. The molecule has 4 N–H and O–H groups in total. The van der Waals surface area contributed by atoms with E-state index in [9.17, 15) is 9.59 Å². The van der Waals surface area contributed by atoms with Gasteiger partial charge in [-0.05, 0) is 18.1 Å². The van der Waals surface area contributed by atoms with Crippen molar-refractivity contribution in [1.29, 1.82) is 0 Å². The number of benzene rings is 1. The van der Waals surface area contributed by atoms with E-state index in [1.54, 1.807) is 12.1 Å². The highest BCUT2D eigenvalue weighted by Gasteiger charge is 2.17. The van der Waals surface area contributed by atoms with Crippen LogP contribution in [-0.4, -0.2) is 36.3 Å². The number of carbonyl (C=O) groups excluding carboxylic acids is 2. The van der Waals surface area contributed by atoms with E-state index in [2.05, 4.69) is 10.7 Å². The Morgan fingerprint density at radius 3 is 3.00 bits per heavy atom. The van der Waals surface area contributed by atoms with Crippen LogP contribution in [0.1, 0.15) is 22.3 Å². The first-order valence-corrected chi connectivity index (χ1v) is 6.28. The molecule has 2 amide bonds. The van der Waals surface area contributed by atoms with Crippen LogP contribution in [0.5, 0.6) is 0 Å². The number of hydrogen-bond acceptors (Lipinski definition) is 4. The number of nitrogen functional groups attached to an aromatic ring is 1. The Labute approximate surface area is 111 Å². The Morgan fingerprint density at radius 1 is 1.42 bits per heavy atom. The summed E-state index contributed by atoms with van der Waals surface area (Å²) < 4.78 is 0. The van der Waals surface area contributed by atoms with Gasteiger partial charge in [0.1, 0.15) is 0 Å². The summed E-state index contributed by atoms with van der Waals surface area (Å²) in [5, 5.41) is 2.83. The average Bonchev–Trinajstić information content (AvgIpc) is 2.63. The molecule has 0 saturated carbocycles. The smallest absolute Gasteiger partial charge is 0.265 e. The average molecular weight is 262 g/mol. The molecule has 1 aromatic carbocycles. The fourth-order valence-corrected chi connectivity index (χ4v) is 2.20. The van der Waals surface area contributed by atoms with Crippen molar-refractivity contribution in [2.24, 2.45) is 5.84 Å². The molecule has 2 rings (SSSR count). The first-order chi connectivity index (χ1) is 9.20. The maximum Gasteiger partial charge on any atom is 0.265 e. The highest BCUT2D eigenvalue weighted by Crippen LogP contribution is 2.12. The molecule has 0 atom stereocenters. The number of carbonyl (C=O) groups is 2. The second-order valence-electron chi connectivity index (χ2n) is 4.54. The van der Waals surface area contributed by atoms with E-state index >= 15 is 0 Å². The minimum atomic E-state index is -0.310. The molecule has 0 aliphatic carbocycles. The summed E-state index contributed by atoms with van der Waals surface area (Å²) in [6.45, 7) is 2.47. The highest BCUT2D eigenvalue weighted by atomic mass is 16.2. The number of hydrogen-bond donors (Lipinski definition) is 3. The summed E-state index contributed by atoms with van der Waals surface area (Å²) >= 11 is 0. The summed E-state index contributed by atoms with van der Waals surface area (Å²) in [6, 6.07) is 7.28. The van der Waals surface area contributed by atoms with Gasteiger partial charge in [0, 0.05) is 25.2 Å². The molecule has 1 aromatic rings. The summed E-state index contributed by atoms with van der Waals surface area (Å²) in [5.74, 6) is 4.89. The third-order valence-electron chi connectivity index (χ3n) is 3.13. The Kier molecular flexibility index (Phi) is 4.48. The molecule has 1 aliphatic rings. The van der Waals surface area contributed by atoms with Crippen LogP contribution in [0.3, 0.4) is 0 Å². The fraction of sp³-hybridized carbons (Fsp3) is 0.385.